The molecular weight excluding hydrogens is 190 g/mol. The van der Waals surface area contributed by atoms with Crippen molar-refractivity contribution in [1.29, 1.82) is 0 Å². The number of benzene rings is 1. The van der Waals surface area contributed by atoms with Crippen LogP contribution in [-0.4, -0.2) is 15.9 Å². The van der Waals surface area contributed by atoms with Crippen LogP contribution in [0, 0.1) is 0 Å². The normalized spacial score (nSPS) is 10.2. The molecule has 1 aromatic heterocycles. The number of carbonyl (C=O) groups excluding carboxylic acids is 1. The van der Waals surface area contributed by atoms with E-state index >= 15 is 0 Å². The number of rotatable bonds is 2. The van der Waals surface area contributed by atoms with E-state index in [1.54, 1.807) is 6.20 Å². The topological polar surface area (TPSA) is 54.9 Å². The van der Waals surface area contributed by atoms with Crippen molar-refractivity contribution in [2.45, 2.75) is 13.3 Å². The van der Waals surface area contributed by atoms with Gasteiger partial charge in [0.15, 0.2) is 0 Å². The van der Waals surface area contributed by atoms with Gasteiger partial charge in [-0.15, -0.1) is 0 Å². The molecule has 15 heavy (non-hydrogen) atoms. The molecule has 1 aromatic carbocycles. The second-order valence-corrected chi connectivity index (χ2v) is 3.20. The summed E-state index contributed by atoms with van der Waals surface area (Å²) in [6.45, 7) is 1.82. The van der Waals surface area contributed by atoms with E-state index in [2.05, 4.69) is 15.3 Å². The smallest absolute Gasteiger partial charge is 0.224 e. The Bertz CT molecular complexity index is 496. The third-order valence-electron chi connectivity index (χ3n) is 2.11. The first-order valence-corrected chi connectivity index (χ1v) is 4.79. The van der Waals surface area contributed by atoms with Crippen LogP contribution in [0.3, 0.4) is 0 Å². The van der Waals surface area contributed by atoms with E-state index in [1.165, 1.54) is 6.33 Å². The summed E-state index contributed by atoms with van der Waals surface area (Å²) in [5.74, 6) is 0.00574. The molecule has 0 aliphatic heterocycles. The quantitative estimate of drug-likeness (QED) is 0.808. The number of nitrogens with one attached hydrogen (secondary N) is 1. The fourth-order valence-corrected chi connectivity index (χ4v) is 1.31. The third-order valence-corrected chi connectivity index (χ3v) is 2.11. The number of amides is 1. The first-order valence-electron chi connectivity index (χ1n) is 4.79. The Kier molecular flexibility index (Phi) is 2.58. The van der Waals surface area contributed by atoms with Crippen molar-refractivity contribution in [3.63, 3.8) is 0 Å². The van der Waals surface area contributed by atoms with Crippen LogP contribution in [0.4, 0.5) is 5.69 Å². The minimum atomic E-state index is 0.00574. The summed E-state index contributed by atoms with van der Waals surface area (Å²) in [4.78, 5) is 19.2. The minimum absolute atomic E-state index is 0.00574. The molecule has 2 aromatic rings. The van der Waals surface area contributed by atoms with Gasteiger partial charge in [-0.3, -0.25) is 4.79 Å². The van der Waals surface area contributed by atoms with Gasteiger partial charge in [0.25, 0.3) is 0 Å². The van der Waals surface area contributed by atoms with Gasteiger partial charge in [0.1, 0.15) is 6.33 Å². The summed E-state index contributed by atoms with van der Waals surface area (Å²) in [5.41, 5.74) is 1.66. The lowest BCUT2D eigenvalue weighted by atomic mass is 10.2. The molecule has 0 unspecified atom stereocenters. The predicted octanol–water partition coefficient (Wildman–Crippen LogP) is 1.98. The SMILES string of the molecule is CCC(=O)Nc1ccc2ncncc2c1. The highest BCUT2D eigenvalue weighted by molar-refractivity contribution is 5.93. The Morgan fingerprint density at radius 3 is 3.13 bits per heavy atom. The number of fused-ring (bicyclic) bond motifs is 1. The second kappa shape index (κ2) is 4.04. The summed E-state index contributed by atoms with van der Waals surface area (Å²) in [6, 6.07) is 5.56. The van der Waals surface area contributed by atoms with Gasteiger partial charge in [0.2, 0.25) is 5.91 Å². The Morgan fingerprint density at radius 2 is 2.33 bits per heavy atom. The first-order chi connectivity index (χ1) is 7.29. The van der Waals surface area contributed by atoms with Crippen LogP contribution in [0.1, 0.15) is 13.3 Å². The zero-order valence-electron chi connectivity index (χ0n) is 8.40. The van der Waals surface area contributed by atoms with Crippen molar-refractivity contribution in [1.82, 2.24) is 9.97 Å². The van der Waals surface area contributed by atoms with E-state index in [1.807, 2.05) is 25.1 Å². The number of nitrogens with zero attached hydrogens (tertiary/aromatic N) is 2. The highest BCUT2D eigenvalue weighted by atomic mass is 16.1. The largest absolute Gasteiger partial charge is 0.326 e. The van der Waals surface area contributed by atoms with Crippen LogP contribution in [0.25, 0.3) is 10.9 Å². The molecule has 1 N–H and O–H groups in total. The number of aromatic nitrogens is 2. The molecule has 2 rings (SSSR count). The van der Waals surface area contributed by atoms with E-state index in [0.717, 1.165) is 16.6 Å². The monoisotopic (exact) mass is 201 g/mol. The number of anilines is 1. The molecule has 0 saturated carbocycles. The van der Waals surface area contributed by atoms with Crippen LogP contribution in [0.2, 0.25) is 0 Å². The Morgan fingerprint density at radius 1 is 1.47 bits per heavy atom. The molecule has 0 aliphatic carbocycles. The van der Waals surface area contributed by atoms with E-state index in [0.29, 0.717) is 6.42 Å². The number of hydrogen-bond donors (Lipinski definition) is 1. The molecule has 1 heterocycles. The molecule has 0 radical (unpaired) electrons. The van der Waals surface area contributed by atoms with Crippen molar-refractivity contribution < 1.29 is 4.79 Å². The number of carbonyl (C=O) groups is 1. The fourth-order valence-electron chi connectivity index (χ4n) is 1.31. The second-order valence-electron chi connectivity index (χ2n) is 3.20. The molecule has 0 bridgehead atoms. The first kappa shape index (κ1) is 9.58. The predicted molar refractivity (Wildman–Crippen MR) is 58.5 cm³/mol. The molecule has 0 spiro atoms. The Balaban J connectivity index is 2.34. The summed E-state index contributed by atoms with van der Waals surface area (Å²) in [5, 5.41) is 3.71. The maximum atomic E-state index is 11.2. The van der Waals surface area contributed by atoms with E-state index in [9.17, 15) is 4.79 Å². The van der Waals surface area contributed by atoms with Gasteiger partial charge >= 0.3 is 0 Å². The van der Waals surface area contributed by atoms with Crippen LogP contribution in [0.15, 0.2) is 30.7 Å². The average molecular weight is 201 g/mol. The highest BCUT2D eigenvalue weighted by Crippen LogP contribution is 2.16. The summed E-state index contributed by atoms with van der Waals surface area (Å²) in [6.07, 6.45) is 3.71. The third kappa shape index (κ3) is 2.10. The average Bonchev–Trinajstić information content (AvgIpc) is 2.29. The van der Waals surface area contributed by atoms with E-state index in [4.69, 9.17) is 0 Å². The van der Waals surface area contributed by atoms with Crippen LogP contribution in [-0.2, 0) is 4.79 Å². The highest BCUT2D eigenvalue weighted by Gasteiger charge is 2.00. The summed E-state index contributed by atoms with van der Waals surface area (Å²) in [7, 11) is 0. The lowest BCUT2D eigenvalue weighted by molar-refractivity contribution is -0.115. The lowest BCUT2D eigenvalue weighted by Crippen LogP contribution is -2.09. The molecule has 0 aliphatic rings. The van der Waals surface area contributed by atoms with Gasteiger partial charge in [0.05, 0.1) is 5.52 Å². The van der Waals surface area contributed by atoms with Gasteiger partial charge in [-0.05, 0) is 18.2 Å². The number of hydrogen-bond acceptors (Lipinski definition) is 3. The Hall–Kier alpha value is -1.97. The molecule has 0 saturated heterocycles. The zero-order chi connectivity index (χ0) is 10.7. The Labute approximate surface area is 87.4 Å². The standard InChI is InChI=1S/C11H11N3O/c1-2-11(15)14-9-3-4-10-8(5-9)6-12-7-13-10/h3-7H,2H2,1H3,(H,14,15). The summed E-state index contributed by atoms with van der Waals surface area (Å²) >= 11 is 0. The summed E-state index contributed by atoms with van der Waals surface area (Å²) < 4.78 is 0. The van der Waals surface area contributed by atoms with Gasteiger partial charge in [-0.25, -0.2) is 9.97 Å². The van der Waals surface area contributed by atoms with Gasteiger partial charge in [-0.2, -0.15) is 0 Å². The maximum Gasteiger partial charge on any atom is 0.224 e. The lowest BCUT2D eigenvalue weighted by Gasteiger charge is -2.04. The molecule has 4 nitrogen and oxygen atoms in total. The van der Waals surface area contributed by atoms with E-state index in [-0.39, 0.29) is 5.91 Å². The molecule has 0 atom stereocenters. The maximum absolute atomic E-state index is 11.2. The van der Waals surface area contributed by atoms with Gasteiger partial charge in [-0.1, -0.05) is 6.92 Å². The minimum Gasteiger partial charge on any atom is -0.326 e. The zero-order valence-corrected chi connectivity index (χ0v) is 8.40. The van der Waals surface area contributed by atoms with Crippen molar-refractivity contribution in [2.24, 2.45) is 0 Å². The van der Waals surface area contributed by atoms with Gasteiger partial charge < -0.3 is 5.32 Å². The van der Waals surface area contributed by atoms with Crippen LogP contribution < -0.4 is 5.32 Å². The fraction of sp³-hybridized carbons (Fsp3) is 0.182. The van der Waals surface area contributed by atoms with Crippen LogP contribution >= 0.6 is 0 Å². The van der Waals surface area contributed by atoms with Gasteiger partial charge in [0, 0.05) is 23.7 Å². The molecule has 1 amide bonds. The van der Waals surface area contributed by atoms with Crippen molar-refractivity contribution in [2.75, 3.05) is 5.32 Å². The van der Waals surface area contributed by atoms with Crippen molar-refractivity contribution >= 4 is 22.5 Å². The van der Waals surface area contributed by atoms with Crippen molar-refractivity contribution in [3.05, 3.63) is 30.7 Å². The molecular formula is C11H11N3O. The van der Waals surface area contributed by atoms with Crippen molar-refractivity contribution in [3.8, 4) is 0 Å². The van der Waals surface area contributed by atoms with Crippen LogP contribution in [0.5, 0.6) is 0 Å². The van der Waals surface area contributed by atoms with E-state index < -0.39 is 0 Å². The molecule has 4 heteroatoms. The molecule has 0 fully saturated rings. The molecule has 76 valence electrons.